The van der Waals surface area contributed by atoms with Crippen molar-refractivity contribution >= 4 is 31.3 Å². The number of amides is 1. The number of methoxy groups -OCH3 is 2. The molecule has 3 aromatic carbocycles. The van der Waals surface area contributed by atoms with Gasteiger partial charge >= 0.3 is 8.25 Å². The molecule has 3 N–H and O–H groups in total. The third-order valence-corrected chi connectivity index (χ3v) is 8.95. The minimum Gasteiger partial charge on any atom is -0.497 e. The van der Waals surface area contributed by atoms with E-state index in [1.54, 1.807) is 28.1 Å². The van der Waals surface area contributed by atoms with E-state index in [4.69, 9.17) is 23.5 Å². The van der Waals surface area contributed by atoms with Crippen molar-refractivity contribution in [1.29, 1.82) is 0 Å². The molecular weight excluding hydrogens is 665 g/mol. The van der Waals surface area contributed by atoms with E-state index in [-0.39, 0.29) is 42.0 Å². The van der Waals surface area contributed by atoms with E-state index in [0.29, 0.717) is 11.5 Å². The maximum absolute atomic E-state index is 12.9. The number of anilines is 1. The van der Waals surface area contributed by atoms with Crippen molar-refractivity contribution in [2.24, 2.45) is 5.92 Å². The molecule has 15 heteroatoms. The maximum atomic E-state index is 12.9. The number of hydrogen-bond acceptors (Lipinski definition) is 10. The van der Waals surface area contributed by atoms with Crippen LogP contribution in [0.25, 0.3) is 11.2 Å². The zero-order chi connectivity index (χ0) is 35.4. The molecule has 0 aliphatic carbocycles. The van der Waals surface area contributed by atoms with Crippen LogP contribution in [0.1, 0.15) is 43.2 Å². The summed E-state index contributed by atoms with van der Waals surface area (Å²) in [7, 11) is 0.170. The molecule has 50 heavy (non-hydrogen) atoms. The molecule has 1 unspecified atom stereocenters. The summed E-state index contributed by atoms with van der Waals surface area (Å²) >= 11 is 0. The second-order valence-electron chi connectivity index (χ2n) is 12.0. The van der Waals surface area contributed by atoms with Gasteiger partial charge in [0.2, 0.25) is 11.9 Å². The largest absolute Gasteiger partial charge is 0.695 e. The first-order valence-corrected chi connectivity index (χ1v) is 17.0. The molecule has 0 bridgehead atoms. The van der Waals surface area contributed by atoms with Crippen LogP contribution in [-0.2, 0) is 29.0 Å². The van der Waals surface area contributed by atoms with Gasteiger partial charge in [-0.3, -0.25) is 24.5 Å². The Morgan fingerprint density at radius 3 is 2.18 bits per heavy atom. The van der Waals surface area contributed by atoms with Gasteiger partial charge in [0, 0.05) is 16.9 Å². The van der Waals surface area contributed by atoms with E-state index < -0.39 is 37.9 Å². The van der Waals surface area contributed by atoms with Gasteiger partial charge in [0.25, 0.3) is 5.56 Å². The molecule has 0 spiro atoms. The lowest BCUT2D eigenvalue weighted by Gasteiger charge is -2.37. The summed E-state index contributed by atoms with van der Waals surface area (Å²) < 4.78 is 43.2. The summed E-state index contributed by atoms with van der Waals surface area (Å²) in [5.41, 5.74) is 0.839. The molecular formula is C35H37N5O9P+. The molecule has 260 valence electrons. The van der Waals surface area contributed by atoms with Crippen LogP contribution >= 0.6 is 8.25 Å². The summed E-state index contributed by atoms with van der Waals surface area (Å²) in [5, 5.41) is 2.59. The van der Waals surface area contributed by atoms with E-state index in [9.17, 15) is 19.0 Å². The van der Waals surface area contributed by atoms with Gasteiger partial charge < -0.3 is 18.9 Å². The van der Waals surface area contributed by atoms with E-state index in [0.717, 1.165) is 16.7 Å². The number of carbonyl (C=O) groups is 1. The van der Waals surface area contributed by atoms with Crippen LogP contribution in [0.2, 0.25) is 0 Å². The Balaban J connectivity index is 1.38. The van der Waals surface area contributed by atoms with Crippen LogP contribution < -0.4 is 20.3 Å². The van der Waals surface area contributed by atoms with Crippen molar-refractivity contribution < 1.29 is 37.7 Å². The van der Waals surface area contributed by atoms with Gasteiger partial charge in [0.1, 0.15) is 17.1 Å². The summed E-state index contributed by atoms with van der Waals surface area (Å²) in [6, 6.07) is 24.9. The van der Waals surface area contributed by atoms with Crippen molar-refractivity contribution in [2.75, 3.05) is 26.1 Å². The molecule has 1 fully saturated rings. The highest BCUT2D eigenvalue weighted by molar-refractivity contribution is 7.32. The number of rotatable bonds is 13. The Morgan fingerprint density at radius 1 is 1.02 bits per heavy atom. The highest BCUT2D eigenvalue weighted by atomic mass is 31.1. The van der Waals surface area contributed by atoms with Crippen molar-refractivity contribution in [1.82, 2.24) is 19.5 Å². The molecule has 1 aliphatic rings. The molecule has 14 nitrogen and oxygen atoms in total. The fourth-order valence-electron chi connectivity index (χ4n) is 6.00. The zero-order valence-corrected chi connectivity index (χ0v) is 28.7. The molecule has 6 rings (SSSR count). The first-order chi connectivity index (χ1) is 24.1. The number of H-pyrrole nitrogens is 1. The lowest BCUT2D eigenvalue weighted by molar-refractivity contribution is -0.118. The predicted octanol–water partition coefficient (Wildman–Crippen LogP) is 5.06. The van der Waals surface area contributed by atoms with Crippen molar-refractivity contribution in [3.63, 3.8) is 0 Å². The number of nitrogens with zero attached hydrogens (tertiary/aromatic N) is 3. The van der Waals surface area contributed by atoms with Gasteiger partial charge in [0.05, 0.1) is 33.3 Å². The van der Waals surface area contributed by atoms with Crippen molar-refractivity contribution in [3.8, 4) is 11.5 Å². The molecule has 3 heterocycles. The Kier molecular flexibility index (Phi) is 10.4. The SMILES string of the molecule is COc1ccc(C(OC[C@@H]2C[C@H](O[P+](=O)O)[C@H](n3cnc4c(=O)[nH]c(NC(=O)C(C)C)nc43)O2)(c2ccccc2)c2ccc(OC)cc2)cc1. The molecule has 2 aromatic heterocycles. The summed E-state index contributed by atoms with van der Waals surface area (Å²) in [4.78, 5) is 46.2. The standard InChI is InChI=1S/C35H36N5O9P/c1-21(2)31(41)38-34-37-30-29(32(42)39-34)36-20-40(30)33-28(49-50(43)44)18-27(48-33)19-47-35(22-8-6-5-7-9-22,23-10-14-25(45-3)15-11-23)24-12-16-26(46-4)17-13-24/h5-17,20-21,27-28,33H,18-19H2,1-4H3,(H2-,37,38,39,41,42,43,44)/p+1/t27-,28-,33+/m0/s1. The maximum Gasteiger partial charge on any atom is 0.695 e. The minimum absolute atomic E-state index is 0.00918. The molecule has 5 aromatic rings. The van der Waals surface area contributed by atoms with Crippen molar-refractivity contribution in [3.05, 3.63) is 112 Å². The van der Waals surface area contributed by atoms with Crippen LogP contribution in [0.5, 0.6) is 11.5 Å². The van der Waals surface area contributed by atoms with Gasteiger partial charge in [-0.2, -0.15) is 4.98 Å². The lowest BCUT2D eigenvalue weighted by Crippen LogP contribution is -2.35. The third-order valence-electron chi connectivity index (χ3n) is 8.50. The summed E-state index contributed by atoms with van der Waals surface area (Å²) in [5.74, 6) is 0.576. The molecule has 1 aliphatic heterocycles. The number of aromatic amines is 1. The first kappa shape index (κ1) is 34.9. The number of hydrogen-bond donors (Lipinski definition) is 3. The Hall–Kier alpha value is -4.98. The van der Waals surface area contributed by atoms with Crippen molar-refractivity contribution in [2.45, 2.75) is 44.3 Å². The van der Waals surface area contributed by atoms with E-state index in [1.807, 2.05) is 78.9 Å². The van der Waals surface area contributed by atoms with E-state index in [1.165, 1.54) is 10.9 Å². The number of aromatic nitrogens is 4. The van der Waals surface area contributed by atoms with Gasteiger partial charge in [-0.05, 0) is 41.0 Å². The van der Waals surface area contributed by atoms with Crippen LogP contribution in [0.4, 0.5) is 5.95 Å². The smallest absolute Gasteiger partial charge is 0.497 e. The second-order valence-corrected chi connectivity index (χ2v) is 12.7. The number of benzene rings is 3. The lowest BCUT2D eigenvalue weighted by atomic mass is 9.80. The van der Waals surface area contributed by atoms with E-state index >= 15 is 0 Å². The average Bonchev–Trinajstić information content (AvgIpc) is 3.73. The van der Waals surface area contributed by atoms with Crippen LogP contribution in [0.15, 0.2) is 90.0 Å². The Labute approximate surface area is 288 Å². The average molecular weight is 703 g/mol. The minimum atomic E-state index is -3.03. The Morgan fingerprint density at radius 2 is 1.62 bits per heavy atom. The number of ether oxygens (including phenoxy) is 4. The van der Waals surface area contributed by atoms with Crippen LogP contribution in [0, 0.1) is 5.92 Å². The van der Waals surface area contributed by atoms with Crippen LogP contribution in [0.3, 0.4) is 0 Å². The summed E-state index contributed by atoms with van der Waals surface area (Å²) in [6.07, 6.45) is -1.12. The summed E-state index contributed by atoms with van der Waals surface area (Å²) in [6.45, 7) is 3.43. The second kappa shape index (κ2) is 14.9. The zero-order valence-electron chi connectivity index (χ0n) is 27.8. The predicted molar refractivity (Wildman–Crippen MR) is 183 cm³/mol. The molecule has 1 saturated heterocycles. The van der Waals surface area contributed by atoms with Gasteiger partial charge in [-0.25, -0.2) is 4.98 Å². The first-order valence-electron chi connectivity index (χ1n) is 15.9. The Bertz CT molecular complexity index is 1970. The topological polar surface area (TPSA) is 176 Å². The quantitative estimate of drug-likeness (QED) is 0.110. The van der Waals surface area contributed by atoms with Gasteiger partial charge in [-0.15, -0.1) is 9.42 Å². The highest BCUT2D eigenvalue weighted by Gasteiger charge is 2.46. The molecule has 0 saturated carbocycles. The molecule has 1 amide bonds. The molecule has 4 atom stereocenters. The van der Waals surface area contributed by atoms with Crippen LogP contribution in [-0.4, -0.2) is 63.4 Å². The normalized spacial score (nSPS) is 18.0. The number of fused-ring (bicyclic) bond motifs is 1. The monoisotopic (exact) mass is 702 g/mol. The van der Waals surface area contributed by atoms with Gasteiger partial charge in [0.15, 0.2) is 23.5 Å². The third kappa shape index (κ3) is 7.02. The fraction of sp³-hybridized carbons (Fsp3) is 0.314. The van der Waals surface area contributed by atoms with E-state index in [2.05, 4.69) is 20.3 Å². The number of nitrogens with one attached hydrogen (secondary N) is 2. The van der Waals surface area contributed by atoms with Gasteiger partial charge in [-0.1, -0.05) is 68.4 Å². The number of carbonyl (C=O) groups excluding carboxylic acids is 1. The molecule has 0 radical (unpaired) electrons. The number of imidazole rings is 1. The highest BCUT2D eigenvalue weighted by Crippen LogP contribution is 2.44. The fourth-order valence-corrected chi connectivity index (χ4v) is 6.43.